The number of likely N-dealkylation sites (tertiary alicyclic amines) is 1. The van der Waals surface area contributed by atoms with Gasteiger partial charge in [0, 0.05) is 6.04 Å². The maximum absolute atomic E-state index is 12.1. The number of ether oxygens (including phenoxy) is 1. The van der Waals surface area contributed by atoms with Crippen LogP contribution in [0.3, 0.4) is 0 Å². The average molecular weight is 324 g/mol. The molecule has 1 aliphatic carbocycles. The van der Waals surface area contributed by atoms with E-state index in [-0.39, 0.29) is 24.5 Å². The van der Waals surface area contributed by atoms with Crippen molar-refractivity contribution in [3.63, 3.8) is 0 Å². The number of halogens is 1. The fraction of sp³-hybridized carbons (Fsp3) is 0.611. The van der Waals surface area contributed by atoms with Crippen molar-refractivity contribution < 1.29 is 9.53 Å². The van der Waals surface area contributed by atoms with Gasteiger partial charge in [-0.15, -0.1) is 12.4 Å². The molecule has 1 aromatic rings. The van der Waals surface area contributed by atoms with Gasteiger partial charge in [-0.2, -0.15) is 0 Å². The monoisotopic (exact) mass is 323 g/mol. The molecular weight excluding hydrogens is 298 g/mol. The highest BCUT2D eigenvalue weighted by atomic mass is 35.5. The van der Waals surface area contributed by atoms with Gasteiger partial charge in [-0.05, 0) is 63.7 Å². The zero-order valence-electron chi connectivity index (χ0n) is 13.1. The van der Waals surface area contributed by atoms with Crippen molar-refractivity contribution in [1.29, 1.82) is 0 Å². The summed E-state index contributed by atoms with van der Waals surface area (Å²) in [5.41, 5.74) is 0.663. The predicted molar refractivity (Wildman–Crippen MR) is 90.6 cm³/mol. The first-order valence-electron chi connectivity index (χ1n) is 8.33. The first kappa shape index (κ1) is 17.3. The lowest BCUT2D eigenvalue weighted by atomic mass is 9.90. The quantitative estimate of drug-likeness (QED) is 0.786. The van der Waals surface area contributed by atoms with E-state index < -0.39 is 0 Å². The van der Waals surface area contributed by atoms with Crippen molar-refractivity contribution in [1.82, 2.24) is 4.90 Å². The molecule has 1 saturated carbocycles. The van der Waals surface area contributed by atoms with Crippen LogP contribution in [-0.4, -0.2) is 36.1 Å². The van der Waals surface area contributed by atoms with E-state index in [1.165, 1.54) is 45.2 Å². The van der Waals surface area contributed by atoms with Crippen LogP contribution in [0.5, 0.6) is 0 Å². The molecule has 3 nitrogen and oxygen atoms in total. The zero-order chi connectivity index (χ0) is 14.5. The van der Waals surface area contributed by atoms with Gasteiger partial charge in [-0.3, -0.25) is 0 Å². The van der Waals surface area contributed by atoms with E-state index >= 15 is 0 Å². The number of hydrogen-bond acceptors (Lipinski definition) is 3. The molecule has 0 spiro atoms. The second-order valence-corrected chi connectivity index (χ2v) is 6.30. The summed E-state index contributed by atoms with van der Waals surface area (Å²) >= 11 is 0. The topological polar surface area (TPSA) is 29.5 Å². The van der Waals surface area contributed by atoms with Crippen molar-refractivity contribution in [2.75, 3.05) is 13.1 Å². The molecule has 2 fully saturated rings. The molecule has 4 heteroatoms. The van der Waals surface area contributed by atoms with E-state index in [9.17, 15) is 4.79 Å². The van der Waals surface area contributed by atoms with Gasteiger partial charge >= 0.3 is 5.97 Å². The van der Waals surface area contributed by atoms with Gasteiger partial charge in [0.05, 0.1) is 5.56 Å². The molecule has 0 bridgehead atoms. The van der Waals surface area contributed by atoms with Crippen LogP contribution in [0.25, 0.3) is 0 Å². The van der Waals surface area contributed by atoms with Crippen molar-refractivity contribution in [3.8, 4) is 0 Å². The molecule has 0 aromatic heterocycles. The molecular formula is C18H26ClNO2. The van der Waals surface area contributed by atoms with Crippen LogP contribution in [0.2, 0.25) is 0 Å². The van der Waals surface area contributed by atoms with Gasteiger partial charge in [-0.1, -0.05) is 24.6 Å². The number of piperidine rings is 1. The summed E-state index contributed by atoms with van der Waals surface area (Å²) in [6.07, 6.45) is 8.57. The molecule has 22 heavy (non-hydrogen) atoms. The number of hydrogen-bond donors (Lipinski definition) is 0. The molecule has 1 heterocycles. The molecule has 0 unspecified atom stereocenters. The molecule has 3 rings (SSSR count). The van der Waals surface area contributed by atoms with Crippen LogP contribution in [-0.2, 0) is 4.74 Å². The number of rotatable bonds is 3. The largest absolute Gasteiger partial charge is 0.459 e. The van der Waals surface area contributed by atoms with Crippen molar-refractivity contribution in [2.45, 2.75) is 57.1 Å². The van der Waals surface area contributed by atoms with Gasteiger partial charge in [0.1, 0.15) is 6.10 Å². The molecule has 122 valence electrons. The lowest BCUT2D eigenvalue weighted by Gasteiger charge is -2.38. The van der Waals surface area contributed by atoms with Crippen LogP contribution in [0.1, 0.15) is 55.3 Å². The van der Waals surface area contributed by atoms with Crippen molar-refractivity contribution in [2.24, 2.45) is 0 Å². The number of esters is 1. The summed E-state index contributed by atoms with van der Waals surface area (Å²) in [4.78, 5) is 14.7. The van der Waals surface area contributed by atoms with Gasteiger partial charge in [0.15, 0.2) is 0 Å². The second-order valence-electron chi connectivity index (χ2n) is 6.30. The molecule has 2 aliphatic rings. The van der Waals surface area contributed by atoms with Gasteiger partial charge in [0.2, 0.25) is 0 Å². The Bertz CT molecular complexity index is 451. The first-order chi connectivity index (χ1) is 10.3. The normalized spacial score (nSPS) is 26.0. The summed E-state index contributed by atoms with van der Waals surface area (Å²) < 4.78 is 5.66. The SMILES string of the molecule is Cl.O=C(OC1CCC(N2CCCCC2)CC1)c1ccccc1. The standard InChI is InChI=1S/C18H25NO2.ClH/c20-18(15-7-3-1-4-8-15)21-17-11-9-16(10-12-17)19-13-5-2-6-14-19;/h1,3-4,7-8,16-17H,2,5-6,9-14H2;1H. The van der Waals surface area contributed by atoms with Crippen LogP contribution in [0, 0.1) is 0 Å². The van der Waals surface area contributed by atoms with Gasteiger partial charge < -0.3 is 9.64 Å². The van der Waals surface area contributed by atoms with E-state index in [0.717, 1.165) is 18.9 Å². The lowest BCUT2D eigenvalue weighted by Crippen LogP contribution is -2.42. The number of carbonyl (C=O) groups is 1. The summed E-state index contributed by atoms with van der Waals surface area (Å²) in [5.74, 6) is -0.169. The van der Waals surface area contributed by atoms with Gasteiger partial charge in [-0.25, -0.2) is 4.79 Å². The Hall–Kier alpha value is -1.06. The van der Waals surface area contributed by atoms with E-state index in [1.54, 1.807) is 0 Å². The fourth-order valence-electron chi connectivity index (χ4n) is 3.61. The van der Waals surface area contributed by atoms with Crippen molar-refractivity contribution in [3.05, 3.63) is 35.9 Å². The Morgan fingerprint density at radius 3 is 2.23 bits per heavy atom. The highest BCUT2D eigenvalue weighted by molar-refractivity contribution is 5.89. The van der Waals surface area contributed by atoms with Gasteiger partial charge in [0.25, 0.3) is 0 Å². The molecule has 0 radical (unpaired) electrons. The zero-order valence-corrected chi connectivity index (χ0v) is 13.9. The van der Waals surface area contributed by atoms with Crippen molar-refractivity contribution >= 4 is 18.4 Å². The van der Waals surface area contributed by atoms with Crippen LogP contribution >= 0.6 is 12.4 Å². The summed E-state index contributed by atoms with van der Waals surface area (Å²) in [6.45, 7) is 2.53. The molecule has 1 saturated heterocycles. The van der Waals surface area contributed by atoms with E-state index in [4.69, 9.17) is 4.74 Å². The van der Waals surface area contributed by atoms with Crippen LogP contribution in [0.15, 0.2) is 30.3 Å². The third kappa shape index (κ3) is 4.47. The lowest BCUT2D eigenvalue weighted by molar-refractivity contribution is 0.00935. The Labute approximate surface area is 139 Å². The Morgan fingerprint density at radius 1 is 0.955 bits per heavy atom. The Kier molecular flexibility index (Phi) is 6.71. The smallest absolute Gasteiger partial charge is 0.338 e. The maximum atomic E-state index is 12.1. The van der Waals surface area contributed by atoms with E-state index in [0.29, 0.717) is 5.56 Å². The molecule has 0 amide bonds. The minimum Gasteiger partial charge on any atom is -0.459 e. The third-order valence-electron chi connectivity index (χ3n) is 4.83. The Balaban J connectivity index is 0.00000176. The van der Waals surface area contributed by atoms with Crippen LogP contribution < -0.4 is 0 Å². The van der Waals surface area contributed by atoms with E-state index in [1.807, 2.05) is 30.3 Å². The maximum Gasteiger partial charge on any atom is 0.338 e. The van der Waals surface area contributed by atoms with E-state index in [2.05, 4.69) is 4.90 Å². The summed E-state index contributed by atoms with van der Waals surface area (Å²) in [6, 6.07) is 10.0. The Morgan fingerprint density at radius 2 is 1.59 bits per heavy atom. The highest BCUT2D eigenvalue weighted by Crippen LogP contribution is 2.27. The second kappa shape index (κ2) is 8.54. The minimum absolute atomic E-state index is 0. The molecule has 0 atom stereocenters. The number of nitrogens with zero attached hydrogens (tertiary/aromatic N) is 1. The number of benzene rings is 1. The first-order valence-corrected chi connectivity index (χ1v) is 8.33. The number of carbonyl (C=O) groups excluding carboxylic acids is 1. The highest BCUT2D eigenvalue weighted by Gasteiger charge is 2.28. The minimum atomic E-state index is -0.169. The summed E-state index contributed by atoms with van der Waals surface area (Å²) in [5, 5.41) is 0. The van der Waals surface area contributed by atoms with Crippen LogP contribution in [0.4, 0.5) is 0 Å². The predicted octanol–water partition coefficient (Wildman–Crippen LogP) is 4.06. The average Bonchev–Trinajstić information content (AvgIpc) is 2.57. The molecule has 1 aromatic carbocycles. The third-order valence-corrected chi connectivity index (χ3v) is 4.83. The molecule has 0 N–H and O–H groups in total. The summed E-state index contributed by atoms with van der Waals surface area (Å²) in [7, 11) is 0. The molecule has 1 aliphatic heterocycles. The fourth-order valence-corrected chi connectivity index (χ4v) is 3.61.